The van der Waals surface area contributed by atoms with Crippen molar-refractivity contribution in [3.8, 4) is 0 Å². The van der Waals surface area contributed by atoms with Gasteiger partial charge in [0.1, 0.15) is 5.76 Å². The van der Waals surface area contributed by atoms with Crippen molar-refractivity contribution in [1.82, 2.24) is 10.2 Å². The first kappa shape index (κ1) is 14.3. The number of rotatable bonds is 5. The van der Waals surface area contributed by atoms with Gasteiger partial charge in [0.15, 0.2) is 5.76 Å². The first-order valence-corrected chi connectivity index (χ1v) is 8.17. The van der Waals surface area contributed by atoms with Gasteiger partial charge in [-0.15, -0.1) is 0 Å². The largest absolute Gasteiger partial charge is 0.468 e. The second-order valence-corrected chi connectivity index (χ2v) is 6.09. The Labute approximate surface area is 127 Å². The SMILES string of the molecule is O=C(NC[C@H](c1ccco1)N1CCSCC1)c1ccco1. The van der Waals surface area contributed by atoms with Gasteiger partial charge < -0.3 is 14.2 Å². The van der Waals surface area contributed by atoms with Crippen molar-refractivity contribution in [3.63, 3.8) is 0 Å². The van der Waals surface area contributed by atoms with Gasteiger partial charge in [-0.25, -0.2) is 0 Å². The monoisotopic (exact) mass is 306 g/mol. The van der Waals surface area contributed by atoms with Crippen LogP contribution in [-0.2, 0) is 0 Å². The fourth-order valence-corrected chi connectivity index (χ4v) is 3.40. The van der Waals surface area contributed by atoms with E-state index in [0.29, 0.717) is 12.3 Å². The standard InChI is InChI=1S/C15H18N2O3S/c18-15(14-4-2-8-20-14)16-11-12(13-3-1-7-19-13)17-5-9-21-10-6-17/h1-4,7-8,12H,5-6,9-11H2,(H,16,18)/t12-/m1/s1. The van der Waals surface area contributed by atoms with Crippen molar-refractivity contribution in [1.29, 1.82) is 0 Å². The summed E-state index contributed by atoms with van der Waals surface area (Å²) < 4.78 is 10.7. The van der Waals surface area contributed by atoms with Crippen molar-refractivity contribution in [2.75, 3.05) is 31.1 Å². The van der Waals surface area contributed by atoms with Crippen LogP contribution in [0, 0.1) is 0 Å². The zero-order chi connectivity index (χ0) is 14.5. The van der Waals surface area contributed by atoms with Crippen molar-refractivity contribution >= 4 is 17.7 Å². The van der Waals surface area contributed by atoms with Crippen LogP contribution in [0.5, 0.6) is 0 Å². The summed E-state index contributed by atoms with van der Waals surface area (Å²) in [5.41, 5.74) is 0. The number of nitrogens with zero attached hydrogens (tertiary/aromatic N) is 1. The molecule has 2 aromatic rings. The fraction of sp³-hybridized carbons (Fsp3) is 0.400. The lowest BCUT2D eigenvalue weighted by atomic mass is 10.2. The van der Waals surface area contributed by atoms with Crippen LogP contribution in [0.3, 0.4) is 0 Å². The van der Waals surface area contributed by atoms with Crippen molar-refractivity contribution in [2.24, 2.45) is 0 Å². The highest BCUT2D eigenvalue weighted by molar-refractivity contribution is 7.99. The molecule has 1 aliphatic heterocycles. The molecule has 3 rings (SSSR count). The first-order valence-electron chi connectivity index (χ1n) is 7.01. The number of hydrogen-bond donors (Lipinski definition) is 1. The average Bonchev–Trinajstić information content (AvgIpc) is 3.22. The van der Waals surface area contributed by atoms with Crippen LogP contribution in [0.1, 0.15) is 22.4 Å². The molecule has 1 N–H and O–H groups in total. The van der Waals surface area contributed by atoms with Gasteiger partial charge in [-0.1, -0.05) is 0 Å². The van der Waals surface area contributed by atoms with Gasteiger partial charge in [0.2, 0.25) is 0 Å². The maximum atomic E-state index is 12.0. The quantitative estimate of drug-likeness (QED) is 0.919. The molecule has 0 spiro atoms. The molecule has 1 fully saturated rings. The number of amides is 1. The lowest BCUT2D eigenvalue weighted by Crippen LogP contribution is -2.41. The van der Waals surface area contributed by atoms with E-state index in [1.54, 1.807) is 18.4 Å². The first-order chi connectivity index (χ1) is 10.3. The molecular formula is C15H18N2O3S. The second-order valence-electron chi connectivity index (χ2n) is 4.87. The highest BCUT2D eigenvalue weighted by Crippen LogP contribution is 2.24. The van der Waals surface area contributed by atoms with Gasteiger partial charge in [0.05, 0.1) is 18.6 Å². The van der Waals surface area contributed by atoms with Crippen molar-refractivity contribution in [2.45, 2.75) is 6.04 Å². The van der Waals surface area contributed by atoms with E-state index < -0.39 is 0 Å². The van der Waals surface area contributed by atoms with E-state index in [0.717, 1.165) is 30.4 Å². The summed E-state index contributed by atoms with van der Waals surface area (Å²) >= 11 is 1.96. The van der Waals surface area contributed by atoms with Gasteiger partial charge in [-0.2, -0.15) is 11.8 Å². The van der Waals surface area contributed by atoms with E-state index in [9.17, 15) is 4.79 Å². The predicted octanol–water partition coefficient (Wildman–Crippen LogP) is 2.39. The van der Waals surface area contributed by atoms with E-state index in [4.69, 9.17) is 8.83 Å². The zero-order valence-electron chi connectivity index (χ0n) is 11.7. The van der Waals surface area contributed by atoms with E-state index in [1.165, 1.54) is 6.26 Å². The number of hydrogen-bond acceptors (Lipinski definition) is 5. The molecule has 112 valence electrons. The third-order valence-corrected chi connectivity index (χ3v) is 4.50. The van der Waals surface area contributed by atoms with Crippen molar-refractivity contribution < 1.29 is 13.6 Å². The summed E-state index contributed by atoms with van der Waals surface area (Å²) in [6, 6.07) is 7.29. The molecule has 0 aromatic carbocycles. The molecular weight excluding hydrogens is 288 g/mol. The average molecular weight is 306 g/mol. The molecule has 1 aliphatic rings. The van der Waals surface area contributed by atoms with E-state index >= 15 is 0 Å². The van der Waals surface area contributed by atoms with Crippen LogP contribution in [0.2, 0.25) is 0 Å². The minimum atomic E-state index is -0.192. The van der Waals surface area contributed by atoms with Crippen LogP contribution < -0.4 is 5.32 Å². The van der Waals surface area contributed by atoms with Gasteiger partial charge in [-0.3, -0.25) is 9.69 Å². The molecule has 2 aromatic heterocycles. The van der Waals surface area contributed by atoms with Crippen molar-refractivity contribution in [3.05, 3.63) is 48.3 Å². The molecule has 6 heteroatoms. The Morgan fingerprint density at radius 2 is 2.00 bits per heavy atom. The maximum Gasteiger partial charge on any atom is 0.287 e. The van der Waals surface area contributed by atoms with Crippen LogP contribution >= 0.6 is 11.8 Å². The fourth-order valence-electron chi connectivity index (χ4n) is 2.46. The Bertz CT molecular complexity index is 548. The van der Waals surface area contributed by atoms with Gasteiger partial charge >= 0.3 is 0 Å². The van der Waals surface area contributed by atoms with Gasteiger partial charge in [0, 0.05) is 31.1 Å². The van der Waals surface area contributed by atoms with Crippen LogP contribution in [0.15, 0.2) is 45.6 Å². The van der Waals surface area contributed by atoms with Gasteiger partial charge in [0.25, 0.3) is 5.91 Å². The number of carbonyl (C=O) groups excluding carboxylic acids is 1. The summed E-state index contributed by atoms with van der Waals surface area (Å²) in [4.78, 5) is 14.4. The van der Waals surface area contributed by atoms with Crippen LogP contribution in [-0.4, -0.2) is 41.9 Å². The Morgan fingerprint density at radius 3 is 2.67 bits per heavy atom. The number of carbonyl (C=O) groups is 1. The normalized spacial score (nSPS) is 17.5. The Hall–Kier alpha value is -1.66. The Balaban J connectivity index is 1.66. The molecule has 1 saturated heterocycles. The molecule has 0 unspecified atom stereocenters. The summed E-state index contributed by atoms with van der Waals surface area (Å²) in [7, 11) is 0. The molecule has 21 heavy (non-hydrogen) atoms. The highest BCUT2D eigenvalue weighted by atomic mass is 32.2. The smallest absolute Gasteiger partial charge is 0.287 e. The molecule has 1 atom stereocenters. The summed E-state index contributed by atoms with van der Waals surface area (Å²) in [6.45, 7) is 2.52. The number of furan rings is 2. The lowest BCUT2D eigenvalue weighted by molar-refractivity contribution is 0.0902. The predicted molar refractivity (Wildman–Crippen MR) is 81.4 cm³/mol. The maximum absolute atomic E-state index is 12.0. The number of thioether (sulfide) groups is 1. The van der Waals surface area contributed by atoms with E-state index in [2.05, 4.69) is 10.2 Å². The third kappa shape index (κ3) is 3.51. The zero-order valence-corrected chi connectivity index (χ0v) is 12.5. The molecule has 0 bridgehead atoms. The van der Waals surface area contributed by atoms with Gasteiger partial charge in [-0.05, 0) is 24.3 Å². The Morgan fingerprint density at radius 1 is 1.24 bits per heavy atom. The molecule has 1 amide bonds. The molecule has 0 radical (unpaired) electrons. The molecule has 5 nitrogen and oxygen atoms in total. The topological polar surface area (TPSA) is 58.6 Å². The molecule has 3 heterocycles. The minimum Gasteiger partial charge on any atom is -0.468 e. The van der Waals surface area contributed by atoms with E-state index in [1.807, 2.05) is 23.9 Å². The van der Waals surface area contributed by atoms with Crippen LogP contribution in [0.4, 0.5) is 0 Å². The summed E-state index contributed by atoms with van der Waals surface area (Å²) in [5, 5.41) is 2.93. The van der Waals surface area contributed by atoms with E-state index in [-0.39, 0.29) is 11.9 Å². The lowest BCUT2D eigenvalue weighted by Gasteiger charge is -2.33. The highest BCUT2D eigenvalue weighted by Gasteiger charge is 2.25. The molecule has 0 aliphatic carbocycles. The second kappa shape index (κ2) is 6.87. The van der Waals surface area contributed by atoms with Crippen LogP contribution in [0.25, 0.3) is 0 Å². The summed E-state index contributed by atoms with van der Waals surface area (Å²) in [6.07, 6.45) is 3.18. The minimum absolute atomic E-state index is 0.0693. The number of nitrogens with one attached hydrogen (secondary N) is 1. The third-order valence-electron chi connectivity index (χ3n) is 3.56. The summed E-state index contributed by atoms with van der Waals surface area (Å²) in [5.74, 6) is 3.26. The molecule has 0 saturated carbocycles. The Kier molecular flexibility index (Phi) is 4.67.